The summed E-state index contributed by atoms with van der Waals surface area (Å²) in [6.07, 6.45) is 6.70. The molecule has 0 bridgehead atoms. The van der Waals surface area contributed by atoms with Crippen LogP contribution in [0.2, 0.25) is 0 Å². The van der Waals surface area contributed by atoms with Crippen LogP contribution < -0.4 is 5.43 Å². The van der Waals surface area contributed by atoms with Gasteiger partial charge in [-0.1, -0.05) is 40.9 Å². The van der Waals surface area contributed by atoms with E-state index in [0.717, 1.165) is 10.0 Å². The largest absolute Gasteiger partial charge is 0.273 e. The highest BCUT2D eigenvalue weighted by molar-refractivity contribution is 9.10. The highest BCUT2D eigenvalue weighted by Crippen LogP contribution is 2.55. The third-order valence-electron chi connectivity index (χ3n) is 4.22. The number of rotatable bonds is 3. The zero-order valence-corrected chi connectivity index (χ0v) is 12.3. The Balaban J connectivity index is 1.52. The molecule has 1 amide bonds. The lowest BCUT2D eigenvalue weighted by Crippen LogP contribution is -2.20. The fraction of sp³-hybridized carbons (Fsp3) is 0.467. The summed E-state index contributed by atoms with van der Waals surface area (Å²) in [5.74, 6) is 1.60. The smallest absolute Gasteiger partial charge is 0.243 e. The molecular formula is C15H17BrN2O. The molecule has 100 valence electrons. The second kappa shape index (κ2) is 5.45. The van der Waals surface area contributed by atoms with Crippen molar-refractivity contribution in [2.45, 2.75) is 25.7 Å². The predicted molar refractivity (Wildman–Crippen MR) is 78.8 cm³/mol. The summed E-state index contributed by atoms with van der Waals surface area (Å²) in [5.41, 5.74) is 3.67. The van der Waals surface area contributed by atoms with Crippen LogP contribution in [0.15, 0.2) is 33.8 Å². The first kappa shape index (κ1) is 12.9. The average Bonchev–Trinajstić information content (AvgIpc) is 3.15. The molecule has 2 aliphatic rings. The Labute approximate surface area is 121 Å². The van der Waals surface area contributed by atoms with Gasteiger partial charge in [-0.15, -0.1) is 0 Å². The number of fused-ring (bicyclic) bond motifs is 1. The molecule has 4 heteroatoms. The van der Waals surface area contributed by atoms with Crippen LogP contribution in [0.25, 0.3) is 0 Å². The summed E-state index contributed by atoms with van der Waals surface area (Å²) in [4.78, 5) is 12.0. The van der Waals surface area contributed by atoms with Crippen LogP contribution in [0.1, 0.15) is 31.2 Å². The van der Waals surface area contributed by atoms with E-state index in [-0.39, 0.29) is 11.8 Å². The lowest BCUT2D eigenvalue weighted by atomic mass is 10.0. The van der Waals surface area contributed by atoms with Crippen molar-refractivity contribution < 1.29 is 4.79 Å². The van der Waals surface area contributed by atoms with Gasteiger partial charge in [0, 0.05) is 10.4 Å². The Kier molecular flexibility index (Phi) is 3.69. The molecule has 0 radical (unpaired) electrons. The number of nitrogens with zero attached hydrogens (tertiary/aromatic N) is 1. The molecule has 0 aliphatic heterocycles. The molecule has 3 rings (SSSR count). The quantitative estimate of drug-likeness (QED) is 0.673. The van der Waals surface area contributed by atoms with Crippen LogP contribution in [0, 0.1) is 17.8 Å². The highest BCUT2D eigenvalue weighted by Gasteiger charge is 2.54. The van der Waals surface area contributed by atoms with Crippen molar-refractivity contribution in [1.82, 2.24) is 5.43 Å². The number of hydrogen-bond acceptors (Lipinski definition) is 2. The molecule has 1 N–H and O–H groups in total. The Hall–Kier alpha value is -1.16. The molecular weight excluding hydrogens is 304 g/mol. The van der Waals surface area contributed by atoms with Crippen molar-refractivity contribution in [3.63, 3.8) is 0 Å². The molecule has 19 heavy (non-hydrogen) atoms. The van der Waals surface area contributed by atoms with Crippen molar-refractivity contribution >= 4 is 28.1 Å². The first-order valence-electron chi connectivity index (χ1n) is 6.84. The number of carbonyl (C=O) groups excluding carboxylic acids is 1. The number of nitrogens with one attached hydrogen (secondary N) is 1. The van der Waals surface area contributed by atoms with Gasteiger partial charge in [-0.25, -0.2) is 5.43 Å². The Morgan fingerprint density at radius 2 is 1.84 bits per heavy atom. The van der Waals surface area contributed by atoms with E-state index >= 15 is 0 Å². The minimum absolute atomic E-state index is 0.102. The van der Waals surface area contributed by atoms with Gasteiger partial charge in [0.1, 0.15) is 0 Å². The zero-order valence-electron chi connectivity index (χ0n) is 10.7. The van der Waals surface area contributed by atoms with Crippen molar-refractivity contribution in [3.8, 4) is 0 Å². The number of halogens is 1. The third kappa shape index (κ3) is 2.89. The van der Waals surface area contributed by atoms with Crippen molar-refractivity contribution in [1.29, 1.82) is 0 Å². The molecule has 2 unspecified atom stereocenters. The van der Waals surface area contributed by atoms with E-state index in [0.29, 0.717) is 11.8 Å². The monoisotopic (exact) mass is 320 g/mol. The normalized spacial score (nSPS) is 29.0. The third-order valence-corrected chi connectivity index (χ3v) is 4.75. The second-order valence-electron chi connectivity index (χ2n) is 5.42. The number of benzene rings is 1. The number of hydrogen-bond donors (Lipinski definition) is 1. The Bertz CT molecular complexity index is 485. The summed E-state index contributed by atoms with van der Waals surface area (Å²) in [6.45, 7) is 0. The molecule has 0 heterocycles. The van der Waals surface area contributed by atoms with E-state index in [4.69, 9.17) is 0 Å². The van der Waals surface area contributed by atoms with Crippen molar-refractivity contribution in [2.75, 3.05) is 0 Å². The van der Waals surface area contributed by atoms with Crippen LogP contribution in [0.5, 0.6) is 0 Å². The molecule has 2 aliphatic carbocycles. The van der Waals surface area contributed by atoms with E-state index in [9.17, 15) is 4.79 Å². The number of amides is 1. The molecule has 2 saturated carbocycles. The summed E-state index contributed by atoms with van der Waals surface area (Å²) >= 11 is 3.38. The SMILES string of the molecule is O=C(NN=Cc1ccc(Br)cc1)C1C2CCCCC21. The fourth-order valence-corrected chi connectivity index (χ4v) is 3.44. The molecule has 3 nitrogen and oxygen atoms in total. The second-order valence-corrected chi connectivity index (χ2v) is 6.34. The highest BCUT2D eigenvalue weighted by atomic mass is 79.9. The number of carbonyl (C=O) groups is 1. The minimum atomic E-state index is 0.102. The fourth-order valence-electron chi connectivity index (χ4n) is 3.18. The molecule has 0 aromatic heterocycles. The first-order valence-corrected chi connectivity index (χ1v) is 7.63. The van der Waals surface area contributed by atoms with Crippen LogP contribution in [-0.2, 0) is 4.79 Å². The van der Waals surface area contributed by atoms with Gasteiger partial charge in [0.05, 0.1) is 6.21 Å². The summed E-state index contributed by atoms with van der Waals surface area (Å²) in [6, 6.07) is 7.82. The lowest BCUT2D eigenvalue weighted by molar-refractivity contribution is -0.122. The molecule has 2 atom stereocenters. The van der Waals surface area contributed by atoms with E-state index in [1.165, 1.54) is 25.7 Å². The predicted octanol–water partition coefficient (Wildman–Crippen LogP) is 3.34. The number of hydrazone groups is 1. The molecule has 2 fully saturated rings. The molecule has 1 aromatic rings. The van der Waals surface area contributed by atoms with E-state index in [1.54, 1.807) is 6.21 Å². The van der Waals surface area contributed by atoms with Crippen LogP contribution >= 0.6 is 15.9 Å². The maximum absolute atomic E-state index is 12.0. The first-order chi connectivity index (χ1) is 9.25. The van der Waals surface area contributed by atoms with Gasteiger partial charge >= 0.3 is 0 Å². The average molecular weight is 321 g/mol. The van der Waals surface area contributed by atoms with Crippen molar-refractivity contribution in [3.05, 3.63) is 34.3 Å². The minimum Gasteiger partial charge on any atom is -0.273 e. The van der Waals surface area contributed by atoms with Gasteiger partial charge in [0.15, 0.2) is 0 Å². The van der Waals surface area contributed by atoms with Gasteiger partial charge in [0.25, 0.3) is 0 Å². The molecule has 1 aromatic carbocycles. The summed E-state index contributed by atoms with van der Waals surface area (Å²) in [7, 11) is 0. The van der Waals surface area contributed by atoms with Crippen LogP contribution in [0.4, 0.5) is 0 Å². The van der Waals surface area contributed by atoms with Crippen molar-refractivity contribution in [2.24, 2.45) is 22.9 Å². The van der Waals surface area contributed by atoms with E-state index in [1.807, 2.05) is 24.3 Å². The lowest BCUT2D eigenvalue weighted by Gasteiger charge is -2.04. The maximum atomic E-state index is 12.0. The van der Waals surface area contributed by atoms with Crippen LogP contribution in [0.3, 0.4) is 0 Å². The molecule has 0 saturated heterocycles. The van der Waals surface area contributed by atoms with Gasteiger partial charge in [-0.05, 0) is 42.4 Å². The van der Waals surface area contributed by atoms with Gasteiger partial charge < -0.3 is 0 Å². The topological polar surface area (TPSA) is 41.5 Å². The summed E-state index contributed by atoms with van der Waals surface area (Å²) in [5, 5.41) is 4.05. The van der Waals surface area contributed by atoms with Gasteiger partial charge in [0.2, 0.25) is 5.91 Å². The van der Waals surface area contributed by atoms with Crippen LogP contribution in [-0.4, -0.2) is 12.1 Å². The van der Waals surface area contributed by atoms with Gasteiger partial charge in [-0.2, -0.15) is 5.10 Å². The summed E-state index contributed by atoms with van der Waals surface area (Å²) < 4.78 is 1.04. The van der Waals surface area contributed by atoms with E-state index in [2.05, 4.69) is 26.5 Å². The zero-order chi connectivity index (χ0) is 13.2. The Morgan fingerprint density at radius 3 is 2.47 bits per heavy atom. The standard InChI is InChI=1S/C15H17BrN2O/c16-11-7-5-10(6-8-11)9-17-18-15(19)14-12-3-1-2-4-13(12)14/h5-9,12-14H,1-4H2,(H,18,19). The van der Waals surface area contributed by atoms with E-state index < -0.39 is 0 Å². The Morgan fingerprint density at radius 1 is 1.21 bits per heavy atom. The maximum Gasteiger partial charge on any atom is 0.243 e. The van der Waals surface area contributed by atoms with Gasteiger partial charge in [-0.3, -0.25) is 4.79 Å². The molecule has 0 spiro atoms.